The molecule has 10 heavy (non-hydrogen) atoms. The SMILES string of the molecule is Nn1c(C2CC2)n[nH]c1=S. The minimum absolute atomic E-state index is 0.502. The largest absolute Gasteiger partial charge is 0.335 e. The summed E-state index contributed by atoms with van der Waals surface area (Å²) in [5, 5.41) is 6.65. The van der Waals surface area contributed by atoms with Gasteiger partial charge < -0.3 is 5.84 Å². The fraction of sp³-hybridized carbons (Fsp3) is 0.600. The molecule has 0 unspecified atom stereocenters. The Labute approximate surface area is 63.0 Å². The molecule has 1 saturated carbocycles. The van der Waals surface area contributed by atoms with Crippen LogP contribution in [0.2, 0.25) is 0 Å². The maximum Gasteiger partial charge on any atom is 0.214 e. The van der Waals surface area contributed by atoms with Gasteiger partial charge in [-0.2, -0.15) is 5.10 Å². The molecule has 4 nitrogen and oxygen atoms in total. The lowest BCUT2D eigenvalue weighted by Crippen LogP contribution is -2.11. The molecule has 1 heterocycles. The number of aromatic nitrogens is 3. The Morgan fingerprint density at radius 2 is 2.40 bits per heavy atom. The van der Waals surface area contributed by atoms with Crippen molar-refractivity contribution in [1.29, 1.82) is 0 Å². The summed E-state index contributed by atoms with van der Waals surface area (Å²) >= 11 is 4.84. The van der Waals surface area contributed by atoms with E-state index in [2.05, 4.69) is 10.2 Å². The van der Waals surface area contributed by atoms with E-state index in [0.717, 1.165) is 5.82 Å². The topological polar surface area (TPSA) is 59.6 Å². The average molecular weight is 156 g/mol. The zero-order valence-corrected chi connectivity index (χ0v) is 6.19. The van der Waals surface area contributed by atoms with E-state index in [0.29, 0.717) is 10.7 Å². The zero-order valence-electron chi connectivity index (χ0n) is 5.37. The highest BCUT2D eigenvalue weighted by Gasteiger charge is 2.28. The third-order valence-corrected chi connectivity index (χ3v) is 1.96. The number of rotatable bonds is 1. The summed E-state index contributed by atoms with van der Waals surface area (Å²) in [5.41, 5.74) is 0. The lowest BCUT2D eigenvalue weighted by Gasteiger charge is -1.93. The van der Waals surface area contributed by atoms with E-state index < -0.39 is 0 Å². The predicted molar refractivity (Wildman–Crippen MR) is 39.5 cm³/mol. The molecule has 1 aromatic rings. The molecule has 1 fully saturated rings. The van der Waals surface area contributed by atoms with Crippen molar-refractivity contribution in [2.24, 2.45) is 0 Å². The summed E-state index contributed by atoms with van der Waals surface area (Å²) in [6, 6.07) is 0. The molecule has 1 aliphatic carbocycles. The molecule has 1 aliphatic rings. The molecule has 1 aromatic heterocycles. The maximum absolute atomic E-state index is 5.56. The average Bonchev–Trinajstić information content (AvgIpc) is 2.67. The molecule has 5 heteroatoms. The lowest BCUT2D eigenvalue weighted by molar-refractivity contribution is 0.839. The molecule has 2 rings (SSSR count). The Morgan fingerprint density at radius 3 is 2.80 bits per heavy atom. The van der Waals surface area contributed by atoms with Crippen molar-refractivity contribution in [3.63, 3.8) is 0 Å². The van der Waals surface area contributed by atoms with Crippen molar-refractivity contribution in [2.45, 2.75) is 18.8 Å². The minimum atomic E-state index is 0.502. The van der Waals surface area contributed by atoms with E-state index in [1.165, 1.54) is 17.5 Å². The van der Waals surface area contributed by atoms with Gasteiger partial charge in [-0.05, 0) is 25.1 Å². The van der Waals surface area contributed by atoms with Gasteiger partial charge in [0.25, 0.3) is 0 Å². The van der Waals surface area contributed by atoms with Gasteiger partial charge in [-0.15, -0.1) is 0 Å². The van der Waals surface area contributed by atoms with Crippen molar-refractivity contribution >= 4 is 12.2 Å². The molecule has 0 atom stereocenters. The summed E-state index contributed by atoms with van der Waals surface area (Å²) in [6.07, 6.45) is 2.38. The van der Waals surface area contributed by atoms with E-state index in [9.17, 15) is 0 Å². The van der Waals surface area contributed by atoms with E-state index in [-0.39, 0.29) is 0 Å². The first-order valence-electron chi connectivity index (χ1n) is 3.21. The highest BCUT2D eigenvalue weighted by Crippen LogP contribution is 2.38. The van der Waals surface area contributed by atoms with E-state index >= 15 is 0 Å². The van der Waals surface area contributed by atoms with Gasteiger partial charge in [-0.3, -0.25) is 5.10 Å². The van der Waals surface area contributed by atoms with Gasteiger partial charge >= 0.3 is 0 Å². The Bertz CT molecular complexity index is 295. The summed E-state index contributed by atoms with van der Waals surface area (Å²) in [4.78, 5) is 0. The van der Waals surface area contributed by atoms with Crippen LogP contribution in [0.4, 0.5) is 0 Å². The first-order valence-corrected chi connectivity index (χ1v) is 3.62. The Balaban J connectivity index is 2.49. The van der Waals surface area contributed by atoms with Crippen LogP contribution in [0, 0.1) is 4.77 Å². The van der Waals surface area contributed by atoms with E-state index in [1.54, 1.807) is 0 Å². The van der Waals surface area contributed by atoms with Gasteiger partial charge in [-0.25, -0.2) is 4.68 Å². The highest BCUT2D eigenvalue weighted by molar-refractivity contribution is 7.71. The second-order valence-corrected chi connectivity index (χ2v) is 2.92. The first kappa shape index (κ1) is 5.91. The van der Waals surface area contributed by atoms with Gasteiger partial charge in [0.1, 0.15) is 0 Å². The molecule has 0 amide bonds. The van der Waals surface area contributed by atoms with Crippen molar-refractivity contribution in [3.05, 3.63) is 10.6 Å². The number of nitrogens with one attached hydrogen (secondary N) is 1. The van der Waals surface area contributed by atoms with Crippen LogP contribution in [-0.4, -0.2) is 14.9 Å². The van der Waals surface area contributed by atoms with Crippen LogP contribution in [0.15, 0.2) is 0 Å². The molecule has 0 aromatic carbocycles. The van der Waals surface area contributed by atoms with Crippen LogP contribution in [0.3, 0.4) is 0 Å². The van der Waals surface area contributed by atoms with Gasteiger partial charge in [0, 0.05) is 5.92 Å². The molecule has 3 N–H and O–H groups in total. The number of aromatic amines is 1. The number of hydrogen-bond acceptors (Lipinski definition) is 3. The quantitative estimate of drug-likeness (QED) is 0.460. The molecule has 0 bridgehead atoms. The van der Waals surface area contributed by atoms with Gasteiger partial charge in [-0.1, -0.05) is 0 Å². The Kier molecular flexibility index (Phi) is 1.08. The van der Waals surface area contributed by atoms with Crippen molar-refractivity contribution in [1.82, 2.24) is 14.9 Å². The summed E-state index contributed by atoms with van der Waals surface area (Å²) in [6.45, 7) is 0. The minimum Gasteiger partial charge on any atom is -0.335 e. The van der Waals surface area contributed by atoms with Crippen molar-refractivity contribution in [2.75, 3.05) is 5.84 Å². The number of nitrogen functional groups attached to an aromatic ring is 1. The number of hydrogen-bond donors (Lipinski definition) is 2. The van der Waals surface area contributed by atoms with Crippen LogP contribution in [-0.2, 0) is 0 Å². The van der Waals surface area contributed by atoms with Gasteiger partial charge in [0.05, 0.1) is 0 Å². The van der Waals surface area contributed by atoms with Gasteiger partial charge in [0.15, 0.2) is 5.82 Å². The second-order valence-electron chi connectivity index (χ2n) is 2.53. The van der Waals surface area contributed by atoms with Gasteiger partial charge in [0.2, 0.25) is 4.77 Å². The molecule has 0 spiro atoms. The predicted octanol–water partition coefficient (Wildman–Crippen LogP) is 0.532. The summed E-state index contributed by atoms with van der Waals surface area (Å²) in [7, 11) is 0. The Morgan fingerprint density at radius 1 is 1.70 bits per heavy atom. The number of nitrogens with two attached hydrogens (primary N) is 1. The van der Waals surface area contributed by atoms with Crippen molar-refractivity contribution in [3.8, 4) is 0 Å². The molecule has 0 saturated heterocycles. The van der Waals surface area contributed by atoms with E-state index in [1.807, 2.05) is 0 Å². The third-order valence-electron chi connectivity index (χ3n) is 1.67. The monoisotopic (exact) mass is 156 g/mol. The van der Waals surface area contributed by atoms with Crippen LogP contribution in [0.1, 0.15) is 24.6 Å². The smallest absolute Gasteiger partial charge is 0.214 e. The molecule has 0 aliphatic heterocycles. The standard InChI is InChI=1S/C5H8N4S/c6-9-4(3-1-2-3)7-8-5(9)10/h3H,1-2,6H2,(H,8,10). The first-order chi connectivity index (χ1) is 4.79. The van der Waals surface area contributed by atoms with Crippen LogP contribution in [0.5, 0.6) is 0 Å². The maximum atomic E-state index is 5.56. The van der Waals surface area contributed by atoms with Crippen LogP contribution in [0.25, 0.3) is 0 Å². The fourth-order valence-electron chi connectivity index (χ4n) is 0.946. The number of H-pyrrole nitrogens is 1. The molecular formula is C5H8N4S. The third kappa shape index (κ3) is 0.740. The van der Waals surface area contributed by atoms with E-state index in [4.69, 9.17) is 18.1 Å². The highest BCUT2D eigenvalue weighted by atomic mass is 32.1. The summed E-state index contributed by atoms with van der Waals surface area (Å²) < 4.78 is 1.95. The van der Waals surface area contributed by atoms with Crippen molar-refractivity contribution < 1.29 is 0 Å². The molecule has 0 radical (unpaired) electrons. The normalized spacial score (nSPS) is 17.6. The molecule has 54 valence electrons. The number of nitrogens with zero attached hydrogens (tertiary/aromatic N) is 2. The molecular weight excluding hydrogens is 148 g/mol. The Hall–Kier alpha value is -0.840. The summed E-state index contributed by atoms with van der Waals surface area (Å²) in [5.74, 6) is 7.01. The fourth-order valence-corrected chi connectivity index (χ4v) is 1.09. The zero-order chi connectivity index (χ0) is 7.14. The second kappa shape index (κ2) is 1.82. The van der Waals surface area contributed by atoms with Crippen LogP contribution >= 0.6 is 12.2 Å². The van der Waals surface area contributed by atoms with Crippen LogP contribution < -0.4 is 5.84 Å². The lowest BCUT2D eigenvalue weighted by atomic mass is 10.4.